The summed E-state index contributed by atoms with van der Waals surface area (Å²) in [5.74, 6) is -0.299. The zero-order valence-corrected chi connectivity index (χ0v) is 9.79. The van der Waals surface area contributed by atoms with Gasteiger partial charge in [0, 0.05) is 5.56 Å². The van der Waals surface area contributed by atoms with E-state index in [-0.39, 0.29) is 5.82 Å². The third-order valence-electron chi connectivity index (χ3n) is 2.91. The predicted octanol–water partition coefficient (Wildman–Crippen LogP) is 3.98. The number of halogens is 1. The fraction of sp³-hybridized carbons (Fsp3) is 0.133. The summed E-state index contributed by atoms with van der Waals surface area (Å²) in [4.78, 5) is 0. The second kappa shape index (κ2) is 4.39. The average Bonchev–Trinajstić information content (AvgIpc) is 2.33. The normalized spacial score (nSPS) is 10.0. The molecule has 0 aliphatic rings. The highest BCUT2D eigenvalue weighted by Crippen LogP contribution is 2.25. The Kier molecular flexibility index (Phi) is 2.93. The summed E-state index contributed by atoms with van der Waals surface area (Å²) in [6.45, 7) is 4.01. The van der Waals surface area contributed by atoms with Gasteiger partial charge in [0.15, 0.2) is 0 Å². The fourth-order valence-corrected chi connectivity index (χ4v) is 1.73. The van der Waals surface area contributed by atoms with E-state index in [4.69, 9.17) is 5.26 Å². The van der Waals surface area contributed by atoms with Gasteiger partial charge in [-0.2, -0.15) is 5.26 Å². The van der Waals surface area contributed by atoms with E-state index in [0.29, 0.717) is 11.1 Å². The van der Waals surface area contributed by atoms with E-state index < -0.39 is 0 Å². The third-order valence-corrected chi connectivity index (χ3v) is 2.91. The van der Waals surface area contributed by atoms with Crippen LogP contribution in [0.2, 0.25) is 0 Å². The molecule has 17 heavy (non-hydrogen) atoms. The van der Waals surface area contributed by atoms with Crippen molar-refractivity contribution < 1.29 is 4.39 Å². The Morgan fingerprint density at radius 1 is 1.00 bits per heavy atom. The summed E-state index contributed by atoms with van der Waals surface area (Å²) >= 11 is 0. The fourth-order valence-electron chi connectivity index (χ4n) is 1.73. The maximum absolute atomic E-state index is 13.7. The molecule has 0 saturated carbocycles. The quantitative estimate of drug-likeness (QED) is 0.720. The van der Waals surface area contributed by atoms with Crippen LogP contribution in [0, 0.1) is 31.0 Å². The molecular weight excluding hydrogens is 213 g/mol. The first-order chi connectivity index (χ1) is 8.11. The average molecular weight is 225 g/mol. The lowest BCUT2D eigenvalue weighted by atomic mass is 9.99. The molecule has 0 fully saturated rings. The smallest absolute Gasteiger partial charge is 0.131 e. The van der Waals surface area contributed by atoms with Gasteiger partial charge >= 0.3 is 0 Å². The van der Waals surface area contributed by atoms with Gasteiger partial charge in [0.2, 0.25) is 0 Å². The molecule has 0 N–H and O–H groups in total. The molecule has 2 aromatic carbocycles. The van der Waals surface area contributed by atoms with Crippen molar-refractivity contribution in [3.05, 3.63) is 58.9 Å². The molecule has 0 aliphatic heterocycles. The molecule has 0 radical (unpaired) electrons. The van der Waals surface area contributed by atoms with E-state index in [9.17, 15) is 4.39 Å². The second-order valence-electron chi connectivity index (χ2n) is 4.11. The maximum Gasteiger partial charge on any atom is 0.131 e. The third kappa shape index (κ3) is 2.19. The van der Waals surface area contributed by atoms with Crippen LogP contribution in [-0.4, -0.2) is 0 Å². The zero-order chi connectivity index (χ0) is 12.4. The van der Waals surface area contributed by atoms with Crippen molar-refractivity contribution in [3.63, 3.8) is 0 Å². The Morgan fingerprint density at radius 3 is 2.41 bits per heavy atom. The largest absolute Gasteiger partial charge is 0.206 e. The van der Waals surface area contributed by atoms with Gasteiger partial charge in [0.05, 0.1) is 11.6 Å². The lowest BCUT2D eigenvalue weighted by Gasteiger charge is -2.07. The van der Waals surface area contributed by atoms with E-state index in [0.717, 1.165) is 11.1 Å². The highest BCUT2D eigenvalue weighted by Gasteiger charge is 2.07. The number of benzene rings is 2. The Bertz CT molecular complexity index is 609. The minimum absolute atomic E-state index is 0.299. The van der Waals surface area contributed by atoms with Crippen LogP contribution in [0.25, 0.3) is 11.1 Å². The molecule has 0 saturated heterocycles. The predicted molar refractivity (Wildman–Crippen MR) is 66.0 cm³/mol. The summed E-state index contributed by atoms with van der Waals surface area (Å²) in [5.41, 5.74) is 4.05. The Balaban J connectivity index is 2.60. The Hall–Kier alpha value is -2.14. The van der Waals surface area contributed by atoms with Crippen LogP contribution in [0.3, 0.4) is 0 Å². The molecule has 2 aromatic rings. The van der Waals surface area contributed by atoms with Crippen molar-refractivity contribution in [3.8, 4) is 17.2 Å². The summed E-state index contributed by atoms with van der Waals surface area (Å²) in [7, 11) is 0. The molecule has 0 heterocycles. The van der Waals surface area contributed by atoms with E-state index in [1.165, 1.54) is 17.7 Å². The summed E-state index contributed by atoms with van der Waals surface area (Å²) in [6, 6.07) is 12.2. The number of aryl methyl sites for hydroxylation is 2. The van der Waals surface area contributed by atoms with E-state index in [1.807, 2.05) is 38.1 Å². The molecule has 0 aromatic heterocycles. The molecule has 2 rings (SSSR count). The van der Waals surface area contributed by atoms with Gasteiger partial charge < -0.3 is 0 Å². The van der Waals surface area contributed by atoms with Crippen molar-refractivity contribution >= 4 is 0 Å². The standard InChI is InChI=1S/C15H12FN/c1-10-3-5-13(7-11(10)2)14-8-12(9-17)4-6-15(14)16/h3-8H,1-2H3. The molecule has 0 spiro atoms. The van der Waals surface area contributed by atoms with Crippen molar-refractivity contribution in [2.45, 2.75) is 13.8 Å². The Labute approximate surface area is 100 Å². The first-order valence-electron chi connectivity index (χ1n) is 5.39. The van der Waals surface area contributed by atoms with Crippen LogP contribution in [0.5, 0.6) is 0 Å². The van der Waals surface area contributed by atoms with Gasteiger partial charge in [-0.15, -0.1) is 0 Å². The Morgan fingerprint density at radius 2 is 1.76 bits per heavy atom. The van der Waals surface area contributed by atoms with Crippen molar-refractivity contribution in [2.75, 3.05) is 0 Å². The second-order valence-corrected chi connectivity index (χ2v) is 4.11. The van der Waals surface area contributed by atoms with Crippen LogP contribution in [0.15, 0.2) is 36.4 Å². The summed E-state index contributed by atoms with van der Waals surface area (Å²) < 4.78 is 13.7. The highest BCUT2D eigenvalue weighted by molar-refractivity contribution is 5.67. The van der Waals surface area contributed by atoms with Crippen molar-refractivity contribution in [2.24, 2.45) is 0 Å². The van der Waals surface area contributed by atoms with Crippen LogP contribution in [-0.2, 0) is 0 Å². The first-order valence-corrected chi connectivity index (χ1v) is 5.39. The number of hydrogen-bond donors (Lipinski definition) is 0. The minimum Gasteiger partial charge on any atom is -0.206 e. The topological polar surface area (TPSA) is 23.8 Å². The number of nitrogens with zero attached hydrogens (tertiary/aromatic N) is 1. The molecule has 0 atom stereocenters. The van der Waals surface area contributed by atoms with Gasteiger partial charge in [0.1, 0.15) is 5.82 Å². The highest BCUT2D eigenvalue weighted by atomic mass is 19.1. The maximum atomic E-state index is 13.7. The molecule has 0 unspecified atom stereocenters. The molecular formula is C15H12FN. The lowest BCUT2D eigenvalue weighted by Crippen LogP contribution is -1.88. The van der Waals surface area contributed by atoms with Gasteiger partial charge in [-0.3, -0.25) is 0 Å². The van der Waals surface area contributed by atoms with Crippen molar-refractivity contribution in [1.82, 2.24) is 0 Å². The van der Waals surface area contributed by atoms with Gasteiger partial charge in [-0.05, 0) is 48.7 Å². The number of nitriles is 1. The van der Waals surface area contributed by atoms with Crippen LogP contribution >= 0.6 is 0 Å². The van der Waals surface area contributed by atoms with E-state index in [2.05, 4.69) is 0 Å². The van der Waals surface area contributed by atoms with E-state index >= 15 is 0 Å². The molecule has 0 bridgehead atoms. The molecule has 0 aliphatic carbocycles. The van der Waals surface area contributed by atoms with Crippen LogP contribution < -0.4 is 0 Å². The molecule has 84 valence electrons. The lowest BCUT2D eigenvalue weighted by molar-refractivity contribution is 0.631. The number of hydrogen-bond acceptors (Lipinski definition) is 1. The summed E-state index contributed by atoms with van der Waals surface area (Å²) in [6.07, 6.45) is 0. The monoisotopic (exact) mass is 225 g/mol. The zero-order valence-electron chi connectivity index (χ0n) is 9.79. The van der Waals surface area contributed by atoms with Gasteiger partial charge in [-0.1, -0.05) is 18.2 Å². The minimum atomic E-state index is -0.299. The molecule has 0 amide bonds. The van der Waals surface area contributed by atoms with Gasteiger partial charge in [-0.25, -0.2) is 4.39 Å². The van der Waals surface area contributed by atoms with Crippen molar-refractivity contribution in [1.29, 1.82) is 5.26 Å². The van der Waals surface area contributed by atoms with Gasteiger partial charge in [0.25, 0.3) is 0 Å². The number of rotatable bonds is 1. The summed E-state index contributed by atoms with van der Waals surface area (Å²) in [5, 5.41) is 8.83. The van der Waals surface area contributed by atoms with Crippen LogP contribution in [0.4, 0.5) is 4.39 Å². The van der Waals surface area contributed by atoms with Crippen LogP contribution in [0.1, 0.15) is 16.7 Å². The molecule has 1 nitrogen and oxygen atoms in total. The molecule has 2 heteroatoms. The van der Waals surface area contributed by atoms with E-state index in [1.54, 1.807) is 6.07 Å². The SMILES string of the molecule is Cc1ccc(-c2cc(C#N)ccc2F)cc1C. The first kappa shape index (κ1) is 11.3.